The molecule has 0 aliphatic carbocycles. The molecule has 0 saturated heterocycles. The van der Waals surface area contributed by atoms with Crippen LogP contribution in [0.5, 0.6) is 0 Å². The Balaban J connectivity index is 2.73. The first kappa shape index (κ1) is 12.2. The second kappa shape index (κ2) is 5.25. The van der Waals surface area contributed by atoms with Gasteiger partial charge in [0, 0.05) is 13.1 Å². The van der Waals surface area contributed by atoms with Crippen LogP contribution in [0.4, 0.5) is 0 Å². The average Bonchev–Trinajstić information content (AvgIpc) is 2.18. The summed E-state index contributed by atoms with van der Waals surface area (Å²) in [4.78, 5) is 0.309. The summed E-state index contributed by atoms with van der Waals surface area (Å²) >= 11 is 0. The minimum absolute atomic E-state index is 0.309. The third kappa shape index (κ3) is 3.62. The Kier molecular flexibility index (Phi) is 4.26. The zero-order chi connectivity index (χ0) is 11.3. The molecule has 0 amide bonds. The molecule has 15 heavy (non-hydrogen) atoms. The standard InChI is InChI=1S/C10H16N2O2S/c1-9-3-5-10(6-4-9)15(13,14)12-8-7-11-2/h3-6,11-12H,7-8H2,1-2H3. The van der Waals surface area contributed by atoms with Gasteiger partial charge in [-0.3, -0.25) is 0 Å². The van der Waals surface area contributed by atoms with Crippen molar-refractivity contribution in [2.24, 2.45) is 0 Å². The number of nitrogens with one attached hydrogen (secondary N) is 2. The second-order valence-corrected chi connectivity index (χ2v) is 5.08. The van der Waals surface area contributed by atoms with E-state index in [1.54, 1.807) is 31.3 Å². The van der Waals surface area contributed by atoms with Gasteiger partial charge in [0.05, 0.1) is 4.90 Å². The molecule has 0 unspecified atom stereocenters. The minimum atomic E-state index is -3.34. The first-order chi connectivity index (χ1) is 7.06. The third-order valence-electron chi connectivity index (χ3n) is 2.00. The van der Waals surface area contributed by atoms with E-state index in [1.807, 2.05) is 6.92 Å². The van der Waals surface area contributed by atoms with Gasteiger partial charge in [-0.05, 0) is 26.1 Å². The lowest BCUT2D eigenvalue weighted by molar-refractivity contribution is 0.579. The fourth-order valence-corrected chi connectivity index (χ4v) is 2.14. The highest BCUT2D eigenvalue weighted by Crippen LogP contribution is 2.09. The summed E-state index contributed by atoms with van der Waals surface area (Å²) in [5.41, 5.74) is 1.05. The van der Waals surface area contributed by atoms with E-state index >= 15 is 0 Å². The summed E-state index contributed by atoms with van der Waals surface area (Å²) in [5.74, 6) is 0. The molecule has 1 aromatic rings. The maximum atomic E-state index is 11.7. The van der Waals surface area contributed by atoms with Gasteiger partial charge in [0.2, 0.25) is 10.0 Å². The Morgan fingerprint density at radius 1 is 1.13 bits per heavy atom. The molecule has 0 spiro atoms. The molecule has 0 bridgehead atoms. The third-order valence-corrected chi connectivity index (χ3v) is 3.48. The van der Waals surface area contributed by atoms with Crippen LogP contribution in [0.3, 0.4) is 0 Å². The van der Waals surface area contributed by atoms with E-state index in [-0.39, 0.29) is 0 Å². The van der Waals surface area contributed by atoms with E-state index in [0.717, 1.165) is 5.56 Å². The molecule has 84 valence electrons. The van der Waals surface area contributed by atoms with Crippen LogP contribution >= 0.6 is 0 Å². The van der Waals surface area contributed by atoms with Gasteiger partial charge in [-0.25, -0.2) is 13.1 Å². The van der Waals surface area contributed by atoms with Gasteiger partial charge < -0.3 is 5.32 Å². The molecular formula is C10H16N2O2S. The molecule has 0 atom stereocenters. The molecule has 1 aromatic carbocycles. The number of benzene rings is 1. The van der Waals surface area contributed by atoms with Crippen LogP contribution in [0, 0.1) is 6.92 Å². The number of sulfonamides is 1. The Morgan fingerprint density at radius 2 is 1.73 bits per heavy atom. The Labute approximate surface area is 90.8 Å². The summed E-state index contributed by atoms with van der Waals surface area (Å²) in [5, 5.41) is 2.87. The van der Waals surface area contributed by atoms with Crippen LogP contribution < -0.4 is 10.0 Å². The first-order valence-corrected chi connectivity index (χ1v) is 6.25. The van der Waals surface area contributed by atoms with Crippen molar-refractivity contribution in [2.45, 2.75) is 11.8 Å². The SMILES string of the molecule is CNCCNS(=O)(=O)c1ccc(C)cc1. The molecule has 0 aliphatic rings. The quantitative estimate of drug-likeness (QED) is 0.721. The lowest BCUT2D eigenvalue weighted by atomic mass is 10.2. The molecule has 1 rings (SSSR count). The van der Waals surface area contributed by atoms with Crippen LogP contribution in [0.1, 0.15) is 5.56 Å². The second-order valence-electron chi connectivity index (χ2n) is 3.31. The number of hydrogen-bond acceptors (Lipinski definition) is 3. The van der Waals surface area contributed by atoms with E-state index in [2.05, 4.69) is 10.0 Å². The molecular weight excluding hydrogens is 212 g/mol. The number of hydrogen-bond donors (Lipinski definition) is 2. The smallest absolute Gasteiger partial charge is 0.240 e. The molecule has 0 aliphatic heterocycles. The summed E-state index contributed by atoms with van der Waals surface area (Å²) in [6.45, 7) is 2.93. The van der Waals surface area contributed by atoms with Gasteiger partial charge in [-0.1, -0.05) is 17.7 Å². The fourth-order valence-electron chi connectivity index (χ4n) is 1.11. The Morgan fingerprint density at radius 3 is 2.27 bits per heavy atom. The summed E-state index contributed by atoms with van der Waals surface area (Å²) in [7, 11) is -1.56. The van der Waals surface area contributed by atoms with Crippen LogP contribution in [0.15, 0.2) is 29.2 Å². The van der Waals surface area contributed by atoms with Crippen LogP contribution in [0.25, 0.3) is 0 Å². The maximum Gasteiger partial charge on any atom is 0.240 e. The predicted molar refractivity (Wildman–Crippen MR) is 60.3 cm³/mol. The molecule has 0 radical (unpaired) electrons. The van der Waals surface area contributed by atoms with E-state index in [0.29, 0.717) is 18.0 Å². The van der Waals surface area contributed by atoms with Gasteiger partial charge in [0.15, 0.2) is 0 Å². The summed E-state index contributed by atoms with van der Waals surface area (Å²) in [6.07, 6.45) is 0. The molecule has 0 aromatic heterocycles. The lowest BCUT2D eigenvalue weighted by Gasteiger charge is -2.06. The van der Waals surface area contributed by atoms with E-state index < -0.39 is 10.0 Å². The van der Waals surface area contributed by atoms with E-state index in [9.17, 15) is 8.42 Å². The molecule has 0 saturated carbocycles. The van der Waals surface area contributed by atoms with Crippen molar-refractivity contribution < 1.29 is 8.42 Å². The molecule has 0 fully saturated rings. The van der Waals surface area contributed by atoms with Gasteiger partial charge in [-0.2, -0.15) is 0 Å². The van der Waals surface area contributed by atoms with Crippen molar-refractivity contribution in [2.75, 3.05) is 20.1 Å². The first-order valence-electron chi connectivity index (χ1n) is 4.77. The predicted octanol–water partition coefficient (Wildman–Crippen LogP) is 0.493. The normalized spacial score (nSPS) is 11.6. The number of likely N-dealkylation sites (N-methyl/N-ethyl adjacent to an activating group) is 1. The van der Waals surface area contributed by atoms with Gasteiger partial charge in [0.1, 0.15) is 0 Å². The summed E-state index contributed by atoms with van der Waals surface area (Å²) < 4.78 is 25.9. The van der Waals surface area contributed by atoms with Gasteiger partial charge in [-0.15, -0.1) is 0 Å². The minimum Gasteiger partial charge on any atom is -0.318 e. The number of aryl methyl sites for hydroxylation is 1. The molecule has 0 heterocycles. The highest BCUT2D eigenvalue weighted by Gasteiger charge is 2.11. The van der Waals surface area contributed by atoms with Crippen molar-refractivity contribution in [1.82, 2.24) is 10.0 Å². The maximum absolute atomic E-state index is 11.7. The van der Waals surface area contributed by atoms with Gasteiger partial charge >= 0.3 is 0 Å². The lowest BCUT2D eigenvalue weighted by Crippen LogP contribution is -2.30. The van der Waals surface area contributed by atoms with E-state index in [4.69, 9.17) is 0 Å². The van der Waals surface area contributed by atoms with Gasteiger partial charge in [0.25, 0.3) is 0 Å². The van der Waals surface area contributed by atoms with Crippen molar-refractivity contribution >= 4 is 10.0 Å². The molecule has 4 nitrogen and oxygen atoms in total. The van der Waals surface area contributed by atoms with Crippen LogP contribution in [-0.4, -0.2) is 28.6 Å². The zero-order valence-electron chi connectivity index (χ0n) is 8.95. The van der Waals surface area contributed by atoms with Crippen molar-refractivity contribution in [3.63, 3.8) is 0 Å². The molecule has 2 N–H and O–H groups in total. The zero-order valence-corrected chi connectivity index (χ0v) is 9.76. The average molecular weight is 228 g/mol. The summed E-state index contributed by atoms with van der Waals surface area (Å²) in [6, 6.07) is 6.79. The topological polar surface area (TPSA) is 58.2 Å². The highest BCUT2D eigenvalue weighted by molar-refractivity contribution is 7.89. The largest absolute Gasteiger partial charge is 0.318 e. The van der Waals surface area contributed by atoms with E-state index in [1.165, 1.54) is 0 Å². The number of rotatable bonds is 5. The fraction of sp³-hybridized carbons (Fsp3) is 0.400. The van der Waals surface area contributed by atoms with Crippen molar-refractivity contribution in [3.05, 3.63) is 29.8 Å². The van der Waals surface area contributed by atoms with Crippen LogP contribution in [0.2, 0.25) is 0 Å². The molecule has 5 heteroatoms. The monoisotopic (exact) mass is 228 g/mol. The van der Waals surface area contributed by atoms with Crippen molar-refractivity contribution in [1.29, 1.82) is 0 Å². The highest BCUT2D eigenvalue weighted by atomic mass is 32.2. The van der Waals surface area contributed by atoms with Crippen LogP contribution in [-0.2, 0) is 10.0 Å². The Hall–Kier alpha value is -0.910. The van der Waals surface area contributed by atoms with Crippen molar-refractivity contribution in [3.8, 4) is 0 Å². The Bertz CT molecular complexity index is 398.